The molecule has 2 aromatic carbocycles. The number of amides is 2. The van der Waals surface area contributed by atoms with Gasteiger partial charge in [-0.3, -0.25) is 19.3 Å². The van der Waals surface area contributed by atoms with Crippen molar-refractivity contribution in [1.29, 1.82) is 0 Å². The molecule has 1 heterocycles. The lowest BCUT2D eigenvalue weighted by Crippen LogP contribution is -2.40. The van der Waals surface area contributed by atoms with Gasteiger partial charge in [-0.15, -0.1) is 0 Å². The molecular weight excluding hydrogens is 402 g/mol. The first-order valence-corrected chi connectivity index (χ1v) is 11.1. The predicted molar refractivity (Wildman–Crippen MR) is 120 cm³/mol. The Hall–Kier alpha value is -3.47. The molecule has 3 fully saturated rings. The van der Waals surface area contributed by atoms with Crippen LogP contribution in [0.3, 0.4) is 0 Å². The Bertz CT molecular complexity index is 1140. The second-order valence-corrected chi connectivity index (χ2v) is 9.18. The summed E-state index contributed by atoms with van der Waals surface area (Å²) in [5.41, 5.74) is 2.02. The topological polar surface area (TPSA) is 63.7 Å². The normalized spacial score (nSPS) is 31.7. The first-order valence-electron chi connectivity index (χ1n) is 11.1. The number of imide groups is 1. The molecule has 2 saturated carbocycles. The summed E-state index contributed by atoms with van der Waals surface area (Å²) in [7, 11) is 1.58. The number of hydrogen-bond donors (Lipinski definition) is 0. The molecule has 5 nitrogen and oxygen atoms in total. The summed E-state index contributed by atoms with van der Waals surface area (Å²) in [6, 6.07) is 14.2. The fourth-order valence-corrected chi connectivity index (χ4v) is 5.97. The largest absolute Gasteiger partial charge is 0.497 e. The van der Waals surface area contributed by atoms with Crippen LogP contribution in [-0.2, 0) is 9.59 Å². The smallest absolute Gasteiger partial charge is 0.238 e. The van der Waals surface area contributed by atoms with Gasteiger partial charge in [0.1, 0.15) is 5.75 Å². The molecule has 0 spiro atoms. The third-order valence-corrected chi connectivity index (χ3v) is 7.62. The number of rotatable bonds is 5. The van der Waals surface area contributed by atoms with E-state index in [0.29, 0.717) is 28.8 Å². The molecule has 7 rings (SSSR count). The molecular formula is C27H23NO4. The van der Waals surface area contributed by atoms with E-state index >= 15 is 0 Å². The van der Waals surface area contributed by atoms with E-state index in [1.165, 1.54) is 11.0 Å². The van der Waals surface area contributed by atoms with Gasteiger partial charge in [0.25, 0.3) is 0 Å². The summed E-state index contributed by atoms with van der Waals surface area (Å²) in [5, 5.41) is 0. The Balaban J connectivity index is 1.19. The number of ether oxygens (including phenoxy) is 1. The Morgan fingerprint density at radius 3 is 2.06 bits per heavy atom. The van der Waals surface area contributed by atoms with Gasteiger partial charge >= 0.3 is 0 Å². The average molecular weight is 425 g/mol. The molecule has 0 N–H and O–H groups in total. The van der Waals surface area contributed by atoms with Gasteiger partial charge in [-0.2, -0.15) is 0 Å². The minimum Gasteiger partial charge on any atom is -0.497 e. The van der Waals surface area contributed by atoms with Gasteiger partial charge in [-0.05, 0) is 78.1 Å². The number of nitrogens with zero attached hydrogens (tertiary/aromatic N) is 1. The minimum absolute atomic E-state index is 0.0531. The molecule has 0 aromatic heterocycles. The zero-order valence-corrected chi connectivity index (χ0v) is 17.7. The van der Waals surface area contributed by atoms with E-state index in [2.05, 4.69) is 12.2 Å². The number of carbonyl (C=O) groups excluding carboxylic acids is 3. The van der Waals surface area contributed by atoms with Gasteiger partial charge in [-0.1, -0.05) is 30.4 Å². The third-order valence-electron chi connectivity index (χ3n) is 7.62. The molecule has 0 radical (unpaired) electrons. The zero-order chi connectivity index (χ0) is 22.0. The lowest BCUT2D eigenvalue weighted by atomic mass is 9.63. The van der Waals surface area contributed by atoms with E-state index in [-0.39, 0.29) is 41.3 Å². The van der Waals surface area contributed by atoms with E-state index in [4.69, 9.17) is 4.74 Å². The van der Waals surface area contributed by atoms with Crippen molar-refractivity contribution in [3.05, 3.63) is 77.9 Å². The van der Waals surface area contributed by atoms with E-state index in [1.807, 2.05) is 12.1 Å². The summed E-state index contributed by atoms with van der Waals surface area (Å²) in [4.78, 5) is 40.2. The van der Waals surface area contributed by atoms with Gasteiger partial charge in [0.2, 0.25) is 11.8 Å². The summed E-state index contributed by atoms with van der Waals surface area (Å²) in [6.07, 6.45) is 8.78. The Morgan fingerprint density at radius 1 is 0.906 bits per heavy atom. The Morgan fingerprint density at radius 2 is 1.50 bits per heavy atom. The molecule has 2 bridgehead atoms. The van der Waals surface area contributed by atoms with Crippen LogP contribution < -0.4 is 9.64 Å². The molecule has 32 heavy (non-hydrogen) atoms. The molecule has 6 atom stereocenters. The van der Waals surface area contributed by atoms with Crippen molar-refractivity contribution < 1.29 is 19.1 Å². The first-order chi connectivity index (χ1) is 15.6. The van der Waals surface area contributed by atoms with Crippen LogP contribution >= 0.6 is 0 Å². The highest BCUT2D eigenvalue weighted by Gasteiger charge is 2.67. The van der Waals surface area contributed by atoms with Crippen molar-refractivity contribution >= 4 is 29.4 Å². The quantitative estimate of drug-likeness (QED) is 0.313. The SMILES string of the molecule is COc1ccc(C(=O)/C=C/c2ccc(N3C(=O)[C@@H]4[C@H](C3=O)C3C=C[C@H]4C4C[C@@H]34)cc2)cc1. The van der Waals surface area contributed by atoms with Crippen LogP contribution in [0.5, 0.6) is 5.75 Å². The second-order valence-electron chi connectivity index (χ2n) is 9.18. The average Bonchev–Trinajstić information content (AvgIpc) is 3.61. The van der Waals surface area contributed by atoms with Gasteiger partial charge in [0.05, 0.1) is 24.6 Å². The highest BCUT2D eigenvalue weighted by molar-refractivity contribution is 6.22. The van der Waals surface area contributed by atoms with Crippen molar-refractivity contribution in [2.75, 3.05) is 12.0 Å². The van der Waals surface area contributed by atoms with Crippen LogP contribution in [0.25, 0.3) is 6.08 Å². The number of methoxy groups -OCH3 is 1. The van der Waals surface area contributed by atoms with Crippen molar-refractivity contribution in [2.45, 2.75) is 6.42 Å². The second kappa shape index (κ2) is 7.02. The minimum atomic E-state index is -0.192. The number of allylic oxidation sites excluding steroid dienone is 3. The van der Waals surface area contributed by atoms with Crippen LogP contribution in [0.1, 0.15) is 22.3 Å². The fraction of sp³-hybridized carbons (Fsp3) is 0.296. The van der Waals surface area contributed by atoms with Gasteiger partial charge in [0.15, 0.2) is 5.78 Å². The number of anilines is 1. The summed E-state index contributed by atoms with van der Waals surface area (Å²) >= 11 is 0. The summed E-state index contributed by atoms with van der Waals surface area (Å²) in [6.45, 7) is 0. The molecule has 4 aliphatic carbocycles. The lowest BCUT2D eigenvalue weighted by molar-refractivity contribution is -0.124. The van der Waals surface area contributed by atoms with E-state index in [0.717, 1.165) is 12.0 Å². The zero-order valence-electron chi connectivity index (χ0n) is 17.7. The van der Waals surface area contributed by atoms with Crippen LogP contribution in [0, 0.1) is 35.5 Å². The highest BCUT2D eigenvalue weighted by Crippen LogP contribution is 2.65. The summed E-state index contributed by atoms with van der Waals surface area (Å²) < 4.78 is 5.12. The predicted octanol–water partition coefficient (Wildman–Crippen LogP) is 4.15. The van der Waals surface area contributed by atoms with Crippen LogP contribution in [-0.4, -0.2) is 24.7 Å². The monoisotopic (exact) mass is 425 g/mol. The van der Waals surface area contributed by atoms with Crippen molar-refractivity contribution in [1.82, 2.24) is 0 Å². The van der Waals surface area contributed by atoms with E-state index < -0.39 is 0 Å². The van der Waals surface area contributed by atoms with Crippen LogP contribution in [0.4, 0.5) is 5.69 Å². The van der Waals surface area contributed by atoms with E-state index in [9.17, 15) is 14.4 Å². The summed E-state index contributed by atoms with van der Waals surface area (Å²) in [5.74, 6) is 1.75. The third kappa shape index (κ3) is 2.80. The van der Waals surface area contributed by atoms with Crippen molar-refractivity contribution in [3.63, 3.8) is 0 Å². The number of ketones is 1. The highest BCUT2D eigenvalue weighted by atomic mass is 16.5. The number of benzene rings is 2. The van der Waals surface area contributed by atoms with E-state index in [1.54, 1.807) is 49.6 Å². The molecule has 1 aliphatic heterocycles. The molecule has 2 unspecified atom stereocenters. The lowest BCUT2D eigenvalue weighted by Gasteiger charge is -2.37. The molecule has 5 aliphatic rings. The van der Waals surface area contributed by atoms with Crippen LogP contribution in [0.15, 0.2) is 66.8 Å². The van der Waals surface area contributed by atoms with Gasteiger partial charge in [0, 0.05) is 5.56 Å². The molecule has 2 amide bonds. The Labute approximate surface area is 186 Å². The first kappa shape index (κ1) is 19.2. The number of carbonyl (C=O) groups is 3. The fourth-order valence-electron chi connectivity index (χ4n) is 5.97. The maximum atomic E-state index is 13.2. The molecule has 1 saturated heterocycles. The maximum absolute atomic E-state index is 13.2. The Kier molecular flexibility index (Phi) is 4.22. The maximum Gasteiger partial charge on any atom is 0.238 e. The van der Waals surface area contributed by atoms with Gasteiger partial charge in [-0.25, -0.2) is 0 Å². The number of hydrogen-bond acceptors (Lipinski definition) is 4. The molecule has 5 heteroatoms. The van der Waals surface area contributed by atoms with Crippen LogP contribution in [0.2, 0.25) is 0 Å². The van der Waals surface area contributed by atoms with Crippen molar-refractivity contribution in [2.24, 2.45) is 35.5 Å². The van der Waals surface area contributed by atoms with Crippen molar-refractivity contribution in [3.8, 4) is 5.75 Å². The molecule has 2 aromatic rings. The standard InChI is InChI=1S/C27H23NO4/c1-32-18-9-5-16(6-10-18)23(29)13-4-15-2-7-17(8-3-15)28-26(30)24-19-11-12-20(22-14-21(19)22)25(24)27(28)31/h2-13,19-22,24-25H,14H2,1H3/b13-4+/t19-,20?,21?,22-,24-,25+/m0/s1. The van der Waals surface area contributed by atoms with Gasteiger partial charge < -0.3 is 4.74 Å². The molecule has 160 valence electrons.